The third kappa shape index (κ3) is 8.98. The second-order valence-electron chi connectivity index (χ2n) is 4.40. The molecule has 0 aliphatic heterocycles. The van der Waals surface area contributed by atoms with E-state index in [0.29, 0.717) is 25.9 Å². The molecule has 0 spiro atoms. The van der Waals surface area contributed by atoms with Gasteiger partial charge < -0.3 is 15.7 Å². The highest BCUT2D eigenvalue weighted by Gasteiger charge is 2.14. The number of carboxylic acid groups (broad SMARTS) is 1. The summed E-state index contributed by atoms with van der Waals surface area (Å²) in [4.78, 5) is 22.0. The highest BCUT2D eigenvalue weighted by Crippen LogP contribution is 2.03. The Labute approximate surface area is 109 Å². The van der Waals surface area contributed by atoms with E-state index < -0.39 is 12.0 Å². The molecule has 0 fully saturated rings. The first kappa shape index (κ1) is 16.9. The highest BCUT2D eigenvalue weighted by molar-refractivity contribution is 5.75. The van der Waals surface area contributed by atoms with E-state index in [4.69, 9.17) is 5.11 Å². The van der Waals surface area contributed by atoms with E-state index >= 15 is 0 Å². The number of hydrogen-bond donors (Lipinski definition) is 3. The summed E-state index contributed by atoms with van der Waals surface area (Å²) in [7, 11) is 0. The van der Waals surface area contributed by atoms with Gasteiger partial charge in [0.25, 0.3) is 0 Å². The molecule has 5 nitrogen and oxygen atoms in total. The van der Waals surface area contributed by atoms with Crippen LogP contribution in [-0.4, -0.2) is 36.1 Å². The molecule has 1 amide bonds. The summed E-state index contributed by atoms with van der Waals surface area (Å²) in [5.41, 5.74) is 0. The molecular weight excluding hydrogens is 232 g/mol. The minimum Gasteiger partial charge on any atom is -0.480 e. The van der Waals surface area contributed by atoms with Crippen LogP contribution < -0.4 is 10.6 Å². The van der Waals surface area contributed by atoms with Crippen molar-refractivity contribution in [1.82, 2.24) is 10.6 Å². The Balaban J connectivity index is 3.48. The molecule has 3 N–H and O–H groups in total. The third-order valence-electron chi connectivity index (χ3n) is 2.72. The normalized spacial score (nSPS) is 12.1. The van der Waals surface area contributed by atoms with E-state index in [9.17, 15) is 9.59 Å². The SMILES string of the molecule is CCCC(=O)NCCCCC[C@H](NCC)C(=O)O. The van der Waals surface area contributed by atoms with Crippen molar-refractivity contribution < 1.29 is 14.7 Å². The van der Waals surface area contributed by atoms with Crippen LogP contribution in [0.25, 0.3) is 0 Å². The zero-order chi connectivity index (χ0) is 13.8. The van der Waals surface area contributed by atoms with Gasteiger partial charge in [0.05, 0.1) is 0 Å². The fraction of sp³-hybridized carbons (Fsp3) is 0.846. The zero-order valence-corrected chi connectivity index (χ0v) is 11.5. The Morgan fingerprint density at radius 3 is 2.44 bits per heavy atom. The first-order valence-electron chi connectivity index (χ1n) is 6.84. The molecule has 0 bridgehead atoms. The maximum absolute atomic E-state index is 11.2. The quantitative estimate of drug-likeness (QED) is 0.491. The van der Waals surface area contributed by atoms with Crippen LogP contribution in [0.2, 0.25) is 0 Å². The number of likely N-dealkylation sites (N-methyl/N-ethyl adjacent to an activating group) is 1. The summed E-state index contributed by atoms with van der Waals surface area (Å²) >= 11 is 0. The molecule has 0 aromatic rings. The van der Waals surface area contributed by atoms with E-state index in [1.165, 1.54) is 0 Å². The van der Waals surface area contributed by atoms with Crippen LogP contribution in [0.4, 0.5) is 0 Å². The highest BCUT2D eigenvalue weighted by atomic mass is 16.4. The second-order valence-corrected chi connectivity index (χ2v) is 4.40. The first-order chi connectivity index (χ1) is 8.61. The van der Waals surface area contributed by atoms with Crippen LogP contribution in [0.5, 0.6) is 0 Å². The maximum atomic E-state index is 11.2. The molecule has 5 heteroatoms. The van der Waals surface area contributed by atoms with E-state index in [2.05, 4.69) is 10.6 Å². The number of amides is 1. The summed E-state index contributed by atoms with van der Waals surface area (Å²) in [5, 5.41) is 14.7. The van der Waals surface area contributed by atoms with Crippen molar-refractivity contribution in [3.05, 3.63) is 0 Å². The number of aliphatic carboxylic acids is 1. The summed E-state index contributed by atoms with van der Waals surface area (Å²) in [6.45, 7) is 5.24. The monoisotopic (exact) mass is 258 g/mol. The Morgan fingerprint density at radius 2 is 1.89 bits per heavy atom. The van der Waals surface area contributed by atoms with Crippen molar-refractivity contribution in [2.24, 2.45) is 0 Å². The van der Waals surface area contributed by atoms with Gasteiger partial charge in [-0.2, -0.15) is 0 Å². The Morgan fingerprint density at radius 1 is 1.17 bits per heavy atom. The fourth-order valence-electron chi connectivity index (χ4n) is 1.75. The minimum absolute atomic E-state index is 0.105. The molecular formula is C13H26N2O3. The van der Waals surface area contributed by atoms with Crippen molar-refractivity contribution in [1.29, 1.82) is 0 Å². The van der Waals surface area contributed by atoms with Crippen LogP contribution >= 0.6 is 0 Å². The van der Waals surface area contributed by atoms with Crippen molar-refractivity contribution in [2.45, 2.75) is 58.4 Å². The Hall–Kier alpha value is -1.10. The van der Waals surface area contributed by atoms with Crippen LogP contribution in [-0.2, 0) is 9.59 Å². The van der Waals surface area contributed by atoms with Gasteiger partial charge in [0, 0.05) is 13.0 Å². The average molecular weight is 258 g/mol. The molecule has 0 unspecified atom stereocenters. The number of nitrogens with one attached hydrogen (secondary N) is 2. The predicted molar refractivity (Wildman–Crippen MR) is 71.5 cm³/mol. The smallest absolute Gasteiger partial charge is 0.320 e. The molecule has 0 aliphatic carbocycles. The van der Waals surface area contributed by atoms with E-state index in [0.717, 1.165) is 25.7 Å². The Bertz CT molecular complexity index is 244. The molecule has 0 saturated heterocycles. The van der Waals surface area contributed by atoms with Crippen molar-refractivity contribution in [3.63, 3.8) is 0 Å². The van der Waals surface area contributed by atoms with Gasteiger partial charge in [-0.15, -0.1) is 0 Å². The van der Waals surface area contributed by atoms with Crippen LogP contribution in [0.3, 0.4) is 0 Å². The number of rotatable bonds is 11. The molecule has 0 heterocycles. The number of hydrogen-bond acceptors (Lipinski definition) is 3. The number of carboxylic acids is 1. The van der Waals surface area contributed by atoms with Gasteiger partial charge in [0.15, 0.2) is 0 Å². The van der Waals surface area contributed by atoms with Crippen LogP contribution in [0.15, 0.2) is 0 Å². The van der Waals surface area contributed by atoms with E-state index in [1.807, 2.05) is 13.8 Å². The number of unbranched alkanes of at least 4 members (excludes halogenated alkanes) is 2. The molecule has 18 heavy (non-hydrogen) atoms. The predicted octanol–water partition coefficient (Wildman–Crippen LogP) is 1.53. The lowest BCUT2D eigenvalue weighted by Gasteiger charge is -2.12. The lowest BCUT2D eigenvalue weighted by molar-refractivity contribution is -0.139. The van der Waals surface area contributed by atoms with Crippen LogP contribution in [0, 0.1) is 0 Å². The van der Waals surface area contributed by atoms with Gasteiger partial charge in [-0.05, 0) is 25.8 Å². The van der Waals surface area contributed by atoms with Gasteiger partial charge in [0.2, 0.25) is 5.91 Å². The fourth-order valence-corrected chi connectivity index (χ4v) is 1.75. The van der Waals surface area contributed by atoms with Crippen molar-refractivity contribution in [2.75, 3.05) is 13.1 Å². The van der Waals surface area contributed by atoms with Gasteiger partial charge in [-0.3, -0.25) is 9.59 Å². The van der Waals surface area contributed by atoms with Gasteiger partial charge in [-0.1, -0.05) is 26.7 Å². The average Bonchev–Trinajstić information content (AvgIpc) is 2.32. The molecule has 0 radical (unpaired) electrons. The second kappa shape index (κ2) is 11.0. The van der Waals surface area contributed by atoms with E-state index in [-0.39, 0.29) is 5.91 Å². The van der Waals surface area contributed by atoms with Crippen molar-refractivity contribution >= 4 is 11.9 Å². The molecule has 0 rings (SSSR count). The molecule has 0 aliphatic rings. The summed E-state index contributed by atoms with van der Waals surface area (Å²) < 4.78 is 0. The Kier molecular flexibility index (Phi) is 10.3. The minimum atomic E-state index is -0.784. The van der Waals surface area contributed by atoms with Crippen LogP contribution in [0.1, 0.15) is 52.4 Å². The largest absolute Gasteiger partial charge is 0.480 e. The number of carbonyl (C=O) groups is 2. The lowest BCUT2D eigenvalue weighted by atomic mass is 10.1. The summed E-state index contributed by atoms with van der Waals surface area (Å²) in [5.74, 6) is -0.679. The standard InChI is InChI=1S/C13H26N2O3/c1-3-8-12(16)15-10-7-5-6-9-11(13(17)18)14-4-2/h11,14H,3-10H2,1-2H3,(H,15,16)(H,17,18)/t11-/m0/s1. The van der Waals surface area contributed by atoms with Gasteiger partial charge in [0.1, 0.15) is 6.04 Å². The van der Waals surface area contributed by atoms with Gasteiger partial charge in [-0.25, -0.2) is 0 Å². The first-order valence-corrected chi connectivity index (χ1v) is 6.84. The summed E-state index contributed by atoms with van der Waals surface area (Å²) in [6.07, 6.45) is 4.82. The third-order valence-corrected chi connectivity index (χ3v) is 2.72. The molecule has 0 aromatic heterocycles. The lowest BCUT2D eigenvalue weighted by Crippen LogP contribution is -2.36. The van der Waals surface area contributed by atoms with Gasteiger partial charge >= 0.3 is 5.97 Å². The van der Waals surface area contributed by atoms with E-state index in [1.54, 1.807) is 0 Å². The molecule has 106 valence electrons. The zero-order valence-electron chi connectivity index (χ0n) is 11.5. The molecule has 0 aromatic carbocycles. The topological polar surface area (TPSA) is 78.4 Å². The number of carbonyl (C=O) groups excluding carboxylic acids is 1. The molecule has 1 atom stereocenters. The summed E-state index contributed by atoms with van der Waals surface area (Å²) in [6, 6.07) is -0.440. The molecule has 0 saturated carbocycles. The van der Waals surface area contributed by atoms with Crippen molar-refractivity contribution in [3.8, 4) is 0 Å². The maximum Gasteiger partial charge on any atom is 0.320 e.